The number of pyridine rings is 1. The van der Waals surface area contributed by atoms with Crippen molar-refractivity contribution < 1.29 is 22.0 Å². The third-order valence-corrected chi connectivity index (χ3v) is 3.64. The summed E-state index contributed by atoms with van der Waals surface area (Å²) >= 11 is 11.1. The Morgan fingerprint density at radius 1 is 1.05 bits per heavy atom. The molecule has 11 heteroatoms. The molecular formula is C11H5Cl2F5N4. The number of aromatic nitrogens is 3. The largest absolute Gasteiger partial charge is 0.343 e. The van der Waals surface area contributed by atoms with E-state index < -0.39 is 41.2 Å². The Morgan fingerprint density at radius 2 is 1.64 bits per heavy atom. The molecule has 0 bridgehead atoms. The standard InChI is InChI=1S/C11H5Cl2F5N4/c12-7-5(14)6-4(1-19-7)8(21-9(13)20-6)22-2-10(15,16)11(17,18)3-22/h1H,2-3H2. The van der Waals surface area contributed by atoms with Gasteiger partial charge in [0.25, 0.3) is 0 Å². The molecule has 0 unspecified atom stereocenters. The minimum absolute atomic E-state index is 0.139. The van der Waals surface area contributed by atoms with Gasteiger partial charge in [-0.15, -0.1) is 0 Å². The molecule has 1 aliphatic heterocycles. The minimum atomic E-state index is -4.24. The van der Waals surface area contributed by atoms with Crippen LogP contribution in [0.1, 0.15) is 0 Å². The molecule has 0 radical (unpaired) electrons. The van der Waals surface area contributed by atoms with Gasteiger partial charge in [0, 0.05) is 6.20 Å². The van der Waals surface area contributed by atoms with Crippen LogP contribution in [0.5, 0.6) is 0 Å². The number of fused-ring (bicyclic) bond motifs is 1. The van der Waals surface area contributed by atoms with Crippen molar-refractivity contribution in [2.24, 2.45) is 0 Å². The van der Waals surface area contributed by atoms with Gasteiger partial charge in [-0.1, -0.05) is 11.6 Å². The first-order chi connectivity index (χ1) is 10.1. The molecule has 0 aliphatic carbocycles. The van der Waals surface area contributed by atoms with Gasteiger partial charge in [0.1, 0.15) is 11.3 Å². The second-order valence-electron chi connectivity index (χ2n) is 4.71. The highest BCUT2D eigenvalue weighted by Gasteiger charge is 2.63. The van der Waals surface area contributed by atoms with E-state index in [1.54, 1.807) is 0 Å². The number of rotatable bonds is 1. The molecule has 3 heterocycles. The maximum atomic E-state index is 13.9. The van der Waals surface area contributed by atoms with Crippen molar-refractivity contribution in [1.82, 2.24) is 15.0 Å². The molecule has 0 atom stereocenters. The third-order valence-electron chi connectivity index (χ3n) is 3.21. The molecule has 0 amide bonds. The van der Waals surface area contributed by atoms with Gasteiger partial charge < -0.3 is 4.90 Å². The first-order valence-electron chi connectivity index (χ1n) is 5.80. The molecular weight excluding hydrogens is 354 g/mol. The van der Waals surface area contributed by atoms with Crippen molar-refractivity contribution in [2.45, 2.75) is 11.8 Å². The van der Waals surface area contributed by atoms with Crippen molar-refractivity contribution in [3.63, 3.8) is 0 Å². The predicted molar refractivity (Wildman–Crippen MR) is 69.4 cm³/mol. The van der Waals surface area contributed by atoms with E-state index in [9.17, 15) is 22.0 Å². The smallest absolute Gasteiger partial charge is 0.329 e. The van der Waals surface area contributed by atoms with E-state index in [-0.39, 0.29) is 16.7 Å². The summed E-state index contributed by atoms with van der Waals surface area (Å²) in [5.74, 6) is -9.87. The van der Waals surface area contributed by atoms with Gasteiger partial charge in [-0.25, -0.2) is 14.4 Å². The number of hydrogen-bond donors (Lipinski definition) is 0. The van der Waals surface area contributed by atoms with E-state index in [4.69, 9.17) is 23.2 Å². The fourth-order valence-corrected chi connectivity index (χ4v) is 2.45. The van der Waals surface area contributed by atoms with Crippen molar-refractivity contribution >= 4 is 39.9 Å². The molecule has 1 fully saturated rings. The second kappa shape index (κ2) is 4.76. The van der Waals surface area contributed by atoms with Gasteiger partial charge in [-0.2, -0.15) is 22.5 Å². The van der Waals surface area contributed by atoms with Gasteiger partial charge in [0.2, 0.25) is 5.28 Å². The molecule has 1 saturated heterocycles. The lowest BCUT2D eigenvalue weighted by Gasteiger charge is -2.18. The van der Waals surface area contributed by atoms with Crippen LogP contribution >= 0.6 is 23.2 Å². The first kappa shape index (κ1) is 15.4. The normalized spacial score (nSPS) is 19.9. The molecule has 118 valence electrons. The van der Waals surface area contributed by atoms with Gasteiger partial charge in [-0.3, -0.25) is 0 Å². The molecule has 0 aromatic carbocycles. The number of halogens is 7. The molecule has 0 saturated carbocycles. The highest BCUT2D eigenvalue weighted by Crippen LogP contribution is 2.43. The van der Waals surface area contributed by atoms with Crippen LogP contribution in [0.3, 0.4) is 0 Å². The molecule has 2 aromatic rings. The van der Waals surface area contributed by atoms with Crippen LogP contribution in [0.15, 0.2) is 6.20 Å². The van der Waals surface area contributed by atoms with E-state index >= 15 is 0 Å². The Hall–Kier alpha value is -1.48. The zero-order valence-corrected chi connectivity index (χ0v) is 11.9. The van der Waals surface area contributed by atoms with E-state index in [1.807, 2.05) is 0 Å². The van der Waals surface area contributed by atoms with Crippen molar-refractivity contribution in [3.8, 4) is 0 Å². The average molecular weight is 359 g/mol. The van der Waals surface area contributed by atoms with Crippen molar-refractivity contribution in [2.75, 3.05) is 18.0 Å². The monoisotopic (exact) mass is 358 g/mol. The highest BCUT2D eigenvalue weighted by atomic mass is 35.5. The van der Waals surface area contributed by atoms with E-state index in [2.05, 4.69) is 15.0 Å². The number of hydrogen-bond acceptors (Lipinski definition) is 4. The van der Waals surface area contributed by atoms with Gasteiger partial charge in [0.05, 0.1) is 18.5 Å². The van der Waals surface area contributed by atoms with Crippen LogP contribution in [-0.4, -0.2) is 39.9 Å². The van der Waals surface area contributed by atoms with E-state index in [0.29, 0.717) is 4.90 Å². The molecule has 0 spiro atoms. The quantitative estimate of drug-likeness (QED) is 0.444. The fraction of sp³-hybridized carbons (Fsp3) is 0.364. The summed E-state index contributed by atoms with van der Waals surface area (Å²) in [6.07, 6.45) is 1.01. The fourth-order valence-electron chi connectivity index (χ4n) is 2.15. The summed E-state index contributed by atoms with van der Waals surface area (Å²) in [6.45, 7) is -2.57. The van der Waals surface area contributed by atoms with Crippen molar-refractivity contribution in [3.05, 3.63) is 22.5 Å². The summed E-state index contributed by atoms with van der Waals surface area (Å²) in [7, 11) is 0. The number of nitrogens with zero attached hydrogens (tertiary/aromatic N) is 4. The van der Waals surface area contributed by atoms with Crippen LogP contribution < -0.4 is 4.90 Å². The Kier molecular flexibility index (Phi) is 3.33. The first-order valence-corrected chi connectivity index (χ1v) is 6.56. The third kappa shape index (κ3) is 2.23. The van der Waals surface area contributed by atoms with Crippen molar-refractivity contribution in [1.29, 1.82) is 0 Å². The number of alkyl halides is 4. The molecule has 4 nitrogen and oxygen atoms in total. The summed E-state index contributed by atoms with van der Waals surface area (Å²) in [6, 6.07) is 0. The lowest BCUT2D eigenvalue weighted by Crippen LogP contribution is -2.38. The molecule has 22 heavy (non-hydrogen) atoms. The van der Waals surface area contributed by atoms with Crippen LogP contribution in [0.4, 0.5) is 27.8 Å². The Balaban J connectivity index is 2.19. The van der Waals surface area contributed by atoms with Gasteiger partial charge >= 0.3 is 11.8 Å². The summed E-state index contributed by atoms with van der Waals surface area (Å²) in [5.41, 5.74) is -0.381. The Morgan fingerprint density at radius 3 is 2.23 bits per heavy atom. The zero-order chi connectivity index (χ0) is 16.3. The van der Waals surface area contributed by atoms with E-state index in [1.165, 1.54) is 0 Å². The number of anilines is 1. The summed E-state index contributed by atoms with van der Waals surface area (Å²) in [4.78, 5) is 11.4. The highest BCUT2D eigenvalue weighted by molar-refractivity contribution is 6.30. The summed E-state index contributed by atoms with van der Waals surface area (Å²) < 4.78 is 67.2. The van der Waals surface area contributed by atoms with E-state index in [0.717, 1.165) is 6.20 Å². The molecule has 3 rings (SSSR count). The summed E-state index contributed by atoms with van der Waals surface area (Å²) in [5, 5.41) is -1.13. The van der Waals surface area contributed by atoms with Crippen LogP contribution in [0.25, 0.3) is 10.9 Å². The average Bonchev–Trinajstić information content (AvgIpc) is 2.62. The van der Waals surface area contributed by atoms with Crippen LogP contribution in [0, 0.1) is 5.82 Å². The zero-order valence-electron chi connectivity index (χ0n) is 10.4. The maximum Gasteiger partial charge on any atom is 0.329 e. The van der Waals surface area contributed by atoms with Crippen LogP contribution in [0.2, 0.25) is 10.4 Å². The van der Waals surface area contributed by atoms with Gasteiger partial charge in [0.15, 0.2) is 11.0 Å². The van der Waals surface area contributed by atoms with Crippen LogP contribution in [-0.2, 0) is 0 Å². The Bertz CT molecular complexity index is 754. The molecule has 1 aliphatic rings. The molecule has 0 N–H and O–H groups in total. The topological polar surface area (TPSA) is 41.9 Å². The second-order valence-corrected chi connectivity index (χ2v) is 5.40. The minimum Gasteiger partial charge on any atom is -0.343 e. The van der Waals surface area contributed by atoms with Gasteiger partial charge in [-0.05, 0) is 11.6 Å². The maximum absolute atomic E-state index is 13.9. The predicted octanol–water partition coefficient (Wildman–Crippen LogP) is 3.56. The lowest BCUT2D eigenvalue weighted by molar-refractivity contribution is -0.172. The molecule has 2 aromatic heterocycles. The Labute approximate surface area is 129 Å². The lowest BCUT2D eigenvalue weighted by atomic mass is 10.2. The SMILES string of the molecule is Fc1c(Cl)ncc2c(N3CC(F)(F)C(F)(F)C3)nc(Cl)nc12.